The van der Waals surface area contributed by atoms with Gasteiger partial charge in [-0.2, -0.15) is 0 Å². The molecule has 2 rings (SSSR count). The lowest BCUT2D eigenvalue weighted by Crippen LogP contribution is -2.31. The molecular formula is C15H19N3O2. The molecule has 0 bridgehead atoms. The van der Waals surface area contributed by atoms with Gasteiger partial charge in [0.15, 0.2) is 5.76 Å². The van der Waals surface area contributed by atoms with Crippen molar-refractivity contribution in [3.8, 4) is 0 Å². The van der Waals surface area contributed by atoms with E-state index in [-0.39, 0.29) is 5.76 Å². The second-order valence-corrected chi connectivity index (χ2v) is 4.85. The van der Waals surface area contributed by atoms with Crippen LogP contribution in [-0.4, -0.2) is 17.9 Å². The first-order chi connectivity index (χ1) is 9.61. The van der Waals surface area contributed by atoms with E-state index in [2.05, 4.69) is 29.4 Å². The van der Waals surface area contributed by atoms with Crippen molar-refractivity contribution in [3.63, 3.8) is 0 Å². The Morgan fingerprint density at radius 3 is 2.65 bits per heavy atom. The molecule has 20 heavy (non-hydrogen) atoms. The van der Waals surface area contributed by atoms with E-state index in [1.54, 1.807) is 6.07 Å². The maximum Gasteiger partial charge on any atom is 0.301 e. The number of amides is 1. The topological polar surface area (TPSA) is 71.5 Å². The largest absolute Gasteiger partial charge is 0.459 e. The van der Waals surface area contributed by atoms with Crippen LogP contribution in [-0.2, 0) is 13.1 Å². The Hall–Kier alpha value is -2.11. The van der Waals surface area contributed by atoms with Crippen molar-refractivity contribution in [2.45, 2.75) is 20.0 Å². The minimum atomic E-state index is -0.408. The monoisotopic (exact) mass is 273 g/mol. The molecule has 0 aliphatic rings. The normalized spacial score (nSPS) is 10.8. The van der Waals surface area contributed by atoms with Gasteiger partial charge in [-0.15, -0.1) is 0 Å². The van der Waals surface area contributed by atoms with Crippen LogP contribution >= 0.6 is 0 Å². The number of nitrogens with one attached hydrogen (secondary N) is 1. The van der Waals surface area contributed by atoms with Gasteiger partial charge in [-0.3, -0.25) is 15.1 Å². The van der Waals surface area contributed by atoms with Gasteiger partial charge in [0.2, 0.25) is 0 Å². The van der Waals surface area contributed by atoms with E-state index in [0.717, 1.165) is 12.1 Å². The van der Waals surface area contributed by atoms with E-state index >= 15 is 0 Å². The number of furan rings is 1. The van der Waals surface area contributed by atoms with Gasteiger partial charge in [0, 0.05) is 18.7 Å². The third-order valence-corrected chi connectivity index (χ3v) is 3.23. The predicted molar refractivity (Wildman–Crippen MR) is 76.7 cm³/mol. The van der Waals surface area contributed by atoms with Gasteiger partial charge in [0.05, 0.1) is 6.26 Å². The van der Waals surface area contributed by atoms with Crippen LogP contribution in [0.4, 0.5) is 0 Å². The van der Waals surface area contributed by atoms with Gasteiger partial charge < -0.3 is 4.42 Å². The molecule has 0 saturated heterocycles. The molecule has 0 saturated carbocycles. The number of carbonyl (C=O) groups is 1. The van der Waals surface area contributed by atoms with Gasteiger partial charge >= 0.3 is 5.91 Å². The van der Waals surface area contributed by atoms with Crippen LogP contribution in [0.3, 0.4) is 0 Å². The molecule has 0 spiro atoms. The molecule has 106 valence electrons. The molecule has 1 amide bonds. The van der Waals surface area contributed by atoms with Crippen LogP contribution in [0.5, 0.6) is 0 Å². The quantitative estimate of drug-likeness (QED) is 0.495. The lowest BCUT2D eigenvalue weighted by molar-refractivity contribution is 0.0923. The third-order valence-electron chi connectivity index (χ3n) is 3.23. The summed E-state index contributed by atoms with van der Waals surface area (Å²) in [5.74, 6) is 4.99. The lowest BCUT2D eigenvalue weighted by atomic mass is 10.1. The number of aryl methyl sites for hydroxylation is 1. The molecule has 0 fully saturated rings. The smallest absolute Gasteiger partial charge is 0.301 e. The maximum absolute atomic E-state index is 11.5. The van der Waals surface area contributed by atoms with Crippen LogP contribution < -0.4 is 11.3 Å². The molecule has 0 unspecified atom stereocenters. The Balaban J connectivity index is 2.05. The van der Waals surface area contributed by atoms with Crippen molar-refractivity contribution in [3.05, 3.63) is 59.0 Å². The number of nitrogens with zero attached hydrogens (tertiary/aromatic N) is 1. The number of nitrogens with two attached hydrogens (primary N) is 1. The van der Waals surface area contributed by atoms with Crippen LogP contribution in [0, 0.1) is 6.92 Å². The number of nitrogen functional groups attached to an aromatic ring is 1. The molecule has 3 N–H and O–H groups in total. The summed E-state index contributed by atoms with van der Waals surface area (Å²) >= 11 is 0. The van der Waals surface area contributed by atoms with E-state index in [4.69, 9.17) is 10.3 Å². The molecule has 0 aliphatic carbocycles. The zero-order valence-electron chi connectivity index (χ0n) is 11.7. The second kappa shape index (κ2) is 6.36. The predicted octanol–water partition coefficient (Wildman–Crippen LogP) is 1.82. The summed E-state index contributed by atoms with van der Waals surface area (Å²) in [5, 5.41) is 0. The average Bonchev–Trinajstić information content (AvgIpc) is 2.88. The summed E-state index contributed by atoms with van der Waals surface area (Å²) in [5.41, 5.74) is 5.43. The zero-order chi connectivity index (χ0) is 14.5. The molecular weight excluding hydrogens is 254 g/mol. The van der Waals surface area contributed by atoms with E-state index in [0.29, 0.717) is 6.54 Å². The number of hydrogen-bond donors (Lipinski definition) is 2. The van der Waals surface area contributed by atoms with Crippen LogP contribution in [0.15, 0.2) is 41.0 Å². The maximum atomic E-state index is 11.5. The number of benzene rings is 1. The first-order valence-corrected chi connectivity index (χ1v) is 6.42. The Bertz CT molecular complexity index is 592. The van der Waals surface area contributed by atoms with Crippen LogP contribution in [0.25, 0.3) is 0 Å². The Morgan fingerprint density at radius 1 is 1.25 bits per heavy atom. The molecule has 0 atom stereocenters. The van der Waals surface area contributed by atoms with E-state index in [1.807, 2.05) is 19.2 Å². The highest BCUT2D eigenvalue weighted by molar-refractivity contribution is 5.92. The van der Waals surface area contributed by atoms with Crippen molar-refractivity contribution in [2.24, 2.45) is 5.84 Å². The van der Waals surface area contributed by atoms with E-state index < -0.39 is 5.91 Å². The molecule has 0 aliphatic heterocycles. The number of carbonyl (C=O) groups excluding carboxylic acids is 1. The van der Waals surface area contributed by atoms with Crippen molar-refractivity contribution in [2.75, 3.05) is 7.05 Å². The molecule has 5 nitrogen and oxygen atoms in total. The van der Waals surface area contributed by atoms with Gasteiger partial charge in [0.25, 0.3) is 0 Å². The molecule has 1 aromatic carbocycles. The lowest BCUT2D eigenvalue weighted by Gasteiger charge is -2.17. The minimum absolute atomic E-state index is 0.268. The van der Waals surface area contributed by atoms with E-state index in [1.165, 1.54) is 17.4 Å². The highest BCUT2D eigenvalue weighted by Gasteiger charge is 2.15. The number of rotatable bonds is 5. The first kappa shape index (κ1) is 14.3. The fourth-order valence-corrected chi connectivity index (χ4v) is 2.15. The second-order valence-electron chi connectivity index (χ2n) is 4.85. The highest BCUT2D eigenvalue weighted by atomic mass is 16.3. The van der Waals surface area contributed by atoms with Crippen molar-refractivity contribution >= 4 is 5.91 Å². The summed E-state index contributed by atoms with van der Waals surface area (Å²) in [7, 11) is 2.00. The Kier molecular flexibility index (Phi) is 4.55. The standard InChI is InChI=1S/C15H19N3O2/c1-11-5-3-4-6-12(11)9-18(2)10-13-7-8-20-14(13)15(19)17-16/h3-8H,9-10,16H2,1-2H3,(H,17,19). The summed E-state index contributed by atoms with van der Waals surface area (Å²) in [4.78, 5) is 13.7. The van der Waals surface area contributed by atoms with Gasteiger partial charge in [-0.05, 0) is 31.2 Å². The molecule has 0 radical (unpaired) electrons. The first-order valence-electron chi connectivity index (χ1n) is 6.42. The Labute approximate surface area is 118 Å². The Morgan fingerprint density at radius 2 is 1.95 bits per heavy atom. The van der Waals surface area contributed by atoms with Crippen LogP contribution in [0.1, 0.15) is 27.2 Å². The fourth-order valence-electron chi connectivity index (χ4n) is 2.15. The summed E-state index contributed by atoms with van der Waals surface area (Å²) in [6, 6.07) is 10.0. The SMILES string of the molecule is Cc1ccccc1CN(C)Cc1ccoc1C(=O)NN. The third kappa shape index (κ3) is 3.26. The fraction of sp³-hybridized carbons (Fsp3) is 0.267. The van der Waals surface area contributed by atoms with Crippen LogP contribution in [0.2, 0.25) is 0 Å². The van der Waals surface area contributed by atoms with E-state index in [9.17, 15) is 4.79 Å². The minimum Gasteiger partial charge on any atom is -0.459 e. The number of hydrogen-bond acceptors (Lipinski definition) is 4. The molecule has 2 aromatic rings. The summed E-state index contributed by atoms with van der Waals surface area (Å²) < 4.78 is 5.17. The molecule has 5 heteroatoms. The zero-order valence-corrected chi connectivity index (χ0v) is 11.7. The van der Waals surface area contributed by atoms with Crippen molar-refractivity contribution < 1.29 is 9.21 Å². The van der Waals surface area contributed by atoms with Gasteiger partial charge in [-0.25, -0.2) is 5.84 Å². The molecule has 1 aromatic heterocycles. The van der Waals surface area contributed by atoms with Gasteiger partial charge in [-0.1, -0.05) is 24.3 Å². The van der Waals surface area contributed by atoms with Crippen molar-refractivity contribution in [1.29, 1.82) is 0 Å². The number of hydrazine groups is 1. The molecule has 1 heterocycles. The summed E-state index contributed by atoms with van der Waals surface area (Å²) in [6.45, 7) is 3.52. The van der Waals surface area contributed by atoms with Crippen molar-refractivity contribution in [1.82, 2.24) is 10.3 Å². The summed E-state index contributed by atoms with van der Waals surface area (Å²) in [6.07, 6.45) is 1.50. The van der Waals surface area contributed by atoms with Gasteiger partial charge in [0.1, 0.15) is 0 Å². The highest BCUT2D eigenvalue weighted by Crippen LogP contribution is 2.15. The average molecular weight is 273 g/mol.